The van der Waals surface area contributed by atoms with Crippen LogP contribution in [-0.4, -0.2) is 25.0 Å². The van der Waals surface area contributed by atoms with Gasteiger partial charge in [-0.2, -0.15) is 0 Å². The van der Waals surface area contributed by atoms with Gasteiger partial charge in [-0.3, -0.25) is 4.79 Å². The number of rotatable bonds is 4. The van der Waals surface area contributed by atoms with Gasteiger partial charge in [0.2, 0.25) is 5.91 Å². The lowest BCUT2D eigenvalue weighted by molar-refractivity contribution is -0.310. The lowest BCUT2D eigenvalue weighted by atomic mass is 10.1. The summed E-state index contributed by atoms with van der Waals surface area (Å²) in [5, 5.41) is 10.8. The average Bonchev–Trinajstić information content (AvgIpc) is 2.73. The SMILES string of the molecule is CCOc1ccccc1N1CC(C(=O)[O-])CC1=O. The normalized spacial score (nSPS) is 19.1. The van der Waals surface area contributed by atoms with Crippen LogP contribution >= 0.6 is 0 Å². The van der Waals surface area contributed by atoms with E-state index in [0.717, 1.165) is 0 Å². The monoisotopic (exact) mass is 248 g/mol. The van der Waals surface area contributed by atoms with Crippen molar-refractivity contribution in [2.45, 2.75) is 13.3 Å². The molecule has 0 bridgehead atoms. The van der Waals surface area contributed by atoms with Crippen LogP contribution in [0.25, 0.3) is 0 Å². The van der Waals surface area contributed by atoms with E-state index in [9.17, 15) is 14.7 Å². The zero-order chi connectivity index (χ0) is 13.1. The number of hydrogen-bond donors (Lipinski definition) is 0. The third-order valence-electron chi connectivity index (χ3n) is 2.91. The molecule has 0 radical (unpaired) electrons. The maximum absolute atomic E-state index is 11.8. The van der Waals surface area contributed by atoms with Crippen molar-refractivity contribution in [1.82, 2.24) is 0 Å². The van der Waals surface area contributed by atoms with Crippen LogP contribution < -0.4 is 14.7 Å². The highest BCUT2D eigenvalue weighted by Gasteiger charge is 2.32. The molecule has 96 valence electrons. The van der Waals surface area contributed by atoms with E-state index in [1.54, 1.807) is 18.2 Å². The lowest BCUT2D eigenvalue weighted by Gasteiger charge is -2.20. The second-order valence-corrected chi connectivity index (χ2v) is 4.13. The summed E-state index contributed by atoms with van der Waals surface area (Å²) >= 11 is 0. The summed E-state index contributed by atoms with van der Waals surface area (Å²) in [7, 11) is 0. The first-order valence-corrected chi connectivity index (χ1v) is 5.86. The first kappa shape index (κ1) is 12.4. The van der Waals surface area contributed by atoms with E-state index in [0.29, 0.717) is 18.0 Å². The summed E-state index contributed by atoms with van der Waals surface area (Å²) in [5.74, 6) is -1.55. The molecule has 1 aliphatic rings. The number of benzene rings is 1. The molecule has 0 spiro atoms. The van der Waals surface area contributed by atoms with Gasteiger partial charge in [0.25, 0.3) is 0 Å². The molecule has 1 aliphatic heterocycles. The van der Waals surface area contributed by atoms with Crippen molar-refractivity contribution in [3.05, 3.63) is 24.3 Å². The largest absolute Gasteiger partial charge is 0.550 e. The van der Waals surface area contributed by atoms with Gasteiger partial charge in [0.05, 0.1) is 12.3 Å². The third kappa shape index (κ3) is 2.30. The van der Waals surface area contributed by atoms with E-state index in [1.165, 1.54) is 4.90 Å². The fraction of sp³-hybridized carbons (Fsp3) is 0.385. The first-order valence-electron chi connectivity index (χ1n) is 5.86. The molecule has 1 aromatic rings. The highest BCUT2D eigenvalue weighted by atomic mass is 16.5. The molecule has 0 N–H and O–H groups in total. The number of carboxylic acid groups (broad SMARTS) is 1. The maximum Gasteiger partial charge on any atom is 0.227 e. The van der Waals surface area contributed by atoms with Crippen LogP contribution in [-0.2, 0) is 9.59 Å². The fourth-order valence-electron chi connectivity index (χ4n) is 2.06. The molecule has 18 heavy (non-hydrogen) atoms. The van der Waals surface area contributed by atoms with E-state index < -0.39 is 11.9 Å². The summed E-state index contributed by atoms with van der Waals surface area (Å²) in [6.07, 6.45) is -0.0111. The van der Waals surface area contributed by atoms with Crippen molar-refractivity contribution in [1.29, 1.82) is 0 Å². The molecule has 1 amide bonds. The minimum atomic E-state index is -1.18. The number of carboxylic acids is 1. The number of aliphatic carboxylic acids is 1. The zero-order valence-electron chi connectivity index (χ0n) is 10.1. The van der Waals surface area contributed by atoms with E-state index in [-0.39, 0.29) is 18.9 Å². The molecule has 0 saturated carbocycles. The first-order chi connectivity index (χ1) is 8.63. The highest BCUT2D eigenvalue weighted by molar-refractivity contribution is 6.00. The quantitative estimate of drug-likeness (QED) is 0.762. The molecular weight excluding hydrogens is 234 g/mol. The predicted octanol–water partition coefficient (Wildman–Crippen LogP) is 0.188. The number of para-hydroxylation sites is 2. The molecule has 1 saturated heterocycles. The van der Waals surface area contributed by atoms with Gasteiger partial charge in [-0.1, -0.05) is 12.1 Å². The number of carbonyl (C=O) groups is 2. The number of nitrogens with zero attached hydrogens (tertiary/aromatic N) is 1. The Kier molecular flexibility index (Phi) is 3.50. The Hall–Kier alpha value is -2.04. The molecular formula is C13H14NO4-. The third-order valence-corrected chi connectivity index (χ3v) is 2.91. The van der Waals surface area contributed by atoms with Crippen molar-refractivity contribution in [3.63, 3.8) is 0 Å². The molecule has 1 atom stereocenters. The summed E-state index contributed by atoms with van der Waals surface area (Å²) in [6, 6.07) is 7.11. The van der Waals surface area contributed by atoms with Crippen molar-refractivity contribution in [2.75, 3.05) is 18.1 Å². The Morgan fingerprint density at radius 1 is 1.50 bits per heavy atom. The van der Waals surface area contributed by atoms with Gasteiger partial charge < -0.3 is 19.5 Å². The Labute approximate surface area is 105 Å². The molecule has 5 nitrogen and oxygen atoms in total. The van der Waals surface area contributed by atoms with Gasteiger partial charge in [-0.25, -0.2) is 0 Å². The molecule has 0 aliphatic carbocycles. The molecule has 1 unspecified atom stereocenters. The number of hydrogen-bond acceptors (Lipinski definition) is 4. The maximum atomic E-state index is 11.8. The molecule has 1 fully saturated rings. The van der Waals surface area contributed by atoms with Crippen molar-refractivity contribution < 1.29 is 19.4 Å². The zero-order valence-corrected chi connectivity index (χ0v) is 10.1. The number of ether oxygens (including phenoxy) is 1. The van der Waals surface area contributed by atoms with Crippen LogP contribution in [0, 0.1) is 5.92 Å². The highest BCUT2D eigenvalue weighted by Crippen LogP contribution is 2.32. The van der Waals surface area contributed by atoms with E-state index >= 15 is 0 Å². The lowest BCUT2D eigenvalue weighted by Crippen LogP contribution is -2.33. The minimum Gasteiger partial charge on any atom is -0.550 e. The van der Waals surface area contributed by atoms with Gasteiger partial charge in [0, 0.05) is 24.9 Å². The molecule has 0 aromatic heterocycles. The Morgan fingerprint density at radius 3 is 2.83 bits per heavy atom. The number of anilines is 1. The van der Waals surface area contributed by atoms with Gasteiger partial charge in [0.1, 0.15) is 5.75 Å². The molecule has 1 heterocycles. The van der Waals surface area contributed by atoms with E-state index in [2.05, 4.69) is 0 Å². The Balaban J connectivity index is 2.26. The standard InChI is InChI=1S/C13H15NO4/c1-2-18-11-6-4-3-5-10(11)14-8-9(13(16)17)7-12(14)15/h3-6,9H,2,7-8H2,1H3,(H,16,17)/p-1. The Bertz CT molecular complexity index is 472. The molecule has 1 aromatic carbocycles. The summed E-state index contributed by atoms with van der Waals surface area (Å²) in [5.41, 5.74) is 0.619. The van der Waals surface area contributed by atoms with Crippen LogP contribution in [0.2, 0.25) is 0 Å². The van der Waals surface area contributed by atoms with Crippen LogP contribution in [0.15, 0.2) is 24.3 Å². The van der Waals surface area contributed by atoms with E-state index in [1.807, 2.05) is 13.0 Å². The number of carbonyl (C=O) groups excluding carboxylic acids is 2. The summed E-state index contributed by atoms with van der Waals surface area (Å²) in [4.78, 5) is 24.1. The number of amides is 1. The van der Waals surface area contributed by atoms with Crippen molar-refractivity contribution in [3.8, 4) is 5.75 Å². The Morgan fingerprint density at radius 2 is 2.22 bits per heavy atom. The van der Waals surface area contributed by atoms with Crippen molar-refractivity contribution >= 4 is 17.6 Å². The van der Waals surface area contributed by atoms with Gasteiger partial charge >= 0.3 is 0 Å². The van der Waals surface area contributed by atoms with Gasteiger partial charge in [-0.15, -0.1) is 0 Å². The summed E-state index contributed by atoms with van der Waals surface area (Å²) < 4.78 is 5.44. The van der Waals surface area contributed by atoms with Crippen LogP contribution in [0.3, 0.4) is 0 Å². The fourth-order valence-corrected chi connectivity index (χ4v) is 2.06. The average molecular weight is 248 g/mol. The van der Waals surface area contributed by atoms with Crippen LogP contribution in [0.4, 0.5) is 5.69 Å². The van der Waals surface area contributed by atoms with Crippen LogP contribution in [0.1, 0.15) is 13.3 Å². The van der Waals surface area contributed by atoms with E-state index in [4.69, 9.17) is 4.74 Å². The second-order valence-electron chi connectivity index (χ2n) is 4.13. The van der Waals surface area contributed by atoms with Crippen LogP contribution in [0.5, 0.6) is 5.75 Å². The minimum absolute atomic E-state index is 0.0111. The van der Waals surface area contributed by atoms with Gasteiger partial charge in [-0.05, 0) is 19.1 Å². The predicted molar refractivity (Wildman–Crippen MR) is 63.1 cm³/mol. The smallest absolute Gasteiger partial charge is 0.227 e. The van der Waals surface area contributed by atoms with Crippen molar-refractivity contribution in [2.24, 2.45) is 5.92 Å². The molecule has 5 heteroatoms. The topological polar surface area (TPSA) is 69.7 Å². The molecule has 2 rings (SSSR count). The summed E-state index contributed by atoms with van der Waals surface area (Å²) in [6.45, 7) is 2.49. The van der Waals surface area contributed by atoms with Gasteiger partial charge in [0.15, 0.2) is 0 Å². The second kappa shape index (κ2) is 5.08.